The van der Waals surface area contributed by atoms with Crippen LogP contribution in [0, 0.1) is 20.8 Å². The lowest BCUT2D eigenvalue weighted by Gasteiger charge is -2.10. The molecule has 0 bridgehead atoms. The zero-order chi connectivity index (χ0) is 18.5. The molecule has 0 unspecified atom stereocenters. The van der Waals surface area contributed by atoms with E-state index in [2.05, 4.69) is 52.0 Å². The van der Waals surface area contributed by atoms with Crippen molar-refractivity contribution in [3.05, 3.63) is 65.0 Å². The predicted octanol–water partition coefficient (Wildman–Crippen LogP) is 3.46. The average Bonchev–Trinajstić information content (AvgIpc) is 3.04. The maximum absolute atomic E-state index is 12.2. The van der Waals surface area contributed by atoms with Gasteiger partial charge in [0.05, 0.1) is 11.4 Å². The van der Waals surface area contributed by atoms with Gasteiger partial charge in [-0.05, 0) is 54.5 Å². The van der Waals surface area contributed by atoms with E-state index < -0.39 is 0 Å². The van der Waals surface area contributed by atoms with Crippen LogP contribution < -0.4 is 5.32 Å². The molecule has 0 aliphatic carbocycles. The van der Waals surface area contributed by atoms with Crippen LogP contribution in [-0.2, 0) is 10.5 Å². The molecule has 1 amide bonds. The first-order valence-corrected chi connectivity index (χ1v) is 9.47. The molecule has 3 rings (SSSR count). The molecule has 3 aromatic rings. The number of aromatic nitrogens is 4. The summed E-state index contributed by atoms with van der Waals surface area (Å²) in [5, 5.41) is 14.5. The highest BCUT2D eigenvalue weighted by atomic mass is 32.2. The third-order valence-electron chi connectivity index (χ3n) is 3.97. The number of anilines is 1. The summed E-state index contributed by atoms with van der Waals surface area (Å²) in [5.41, 5.74) is 5.09. The second-order valence-corrected chi connectivity index (χ2v) is 7.15. The van der Waals surface area contributed by atoms with E-state index in [0.29, 0.717) is 11.6 Å². The third-order valence-corrected chi connectivity index (χ3v) is 4.97. The predicted molar refractivity (Wildman–Crippen MR) is 105 cm³/mol. The topological polar surface area (TPSA) is 72.7 Å². The number of rotatable bonds is 6. The molecule has 1 N–H and O–H groups in total. The maximum Gasteiger partial charge on any atom is 0.234 e. The molecule has 1 aromatic heterocycles. The molecular formula is C19H21N5OS. The Morgan fingerprint density at radius 3 is 2.58 bits per heavy atom. The molecule has 0 aliphatic heterocycles. The van der Waals surface area contributed by atoms with E-state index in [9.17, 15) is 4.79 Å². The minimum Gasteiger partial charge on any atom is -0.325 e. The summed E-state index contributed by atoms with van der Waals surface area (Å²) >= 11 is 1.60. The first-order chi connectivity index (χ1) is 12.5. The van der Waals surface area contributed by atoms with Gasteiger partial charge in [0.25, 0.3) is 0 Å². The van der Waals surface area contributed by atoms with Crippen LogP contribution in [-0.4, -0.2) is 31.9 Å². The van der Waals surface area contributed by atoms with Gasteiger partial charge in [0.15, 0.2) is 5.82 Å². The highest BCUT2D eigenvalue weighted by molar-refractivity contribution is 7.99. The van der Waals surface area contributed by atoms with E-state index in [0.717, 1.165) is 22.7 Å². The normalized spacial score (nSPS) is 10.7. The molecule has 0 spiro atoms. The second kappa shape index (κ2) is 8.14. The average molecular weight is 367 g/mol. The number of tetrazole rings is 1. The Morgan fingerprint density at radius 2 is 1.88 bits per heavy atom. The summed E-state index contributed by atoms with van der Waals surface area (Å²) in [7, 11) is 0. The van der Waals surface area contributed by atoms with Gasteiger partial charge in [-0.1, -0.05) is 35.9 Å². The van der Waals surface area contributed by atoms with Gasteiger partial charge < -0.3 is 5.32 Å². The standard InChI is InChI=1S/C19H21N5OS/c1-13-4-7-16(8-5-13)11-26-12-19(25)20-17-9-6-14(2)18(10-17)24-15(3)21-22-23-24/h4-10H,11-12H2,1-3H3,(H,20,25). The zero-order valence-corrected chi connectivity index (χ0v) is 15.9. The van der Waals surface area contributed by atoms with Crippen LogP contribution in [0.4, 0.5) is 5.69 Å². The lowest BCUT2D eigenvalue weighted by Crippen LogP contribution is -2.14. The summed E-state index contributed by atoms with van der Waals surface area (Å²) in [4.78, 5) is 12.2. The van der Waals surface area contributed by atoms with Crippen molar-refractivity contribution < 1.29 is 4.79 Å². The van der Waals surface area contributed by atoms with E-state index >= 15 is 0 Å². The molecule has 1 heterocycles. The first kappa shape index (κ1) is 18.1. The van der Waals surface area contributed by atoms with E-state index in [1.807, 2.05) is 32.0 Å². The largest absolute Gasteiger partial charge is 0.325 e. The van der Waals surface area contributed by atoms with Crippen LogP contribution in [0.3, 0.4) is 0 Å². The fourth-order valence-corrected chi connectivity index (χ4v) is 3.30. The summed E-state index contributed by atoms with van der Waals surface area (Å²) in [6.45, 7) is 5.89. The Hall–Kier alpha value is -2.67. The second-order valence-electron chi connectivity index (χ2n) is 6.17. The summed E-state index contributed by atoms with van der Waals surface area (Å²) in [6.07, 6.45) is 0. The SMILES string of the molecule is Cc1ccc(CSCC(=O)Nc2ccc(C)c(-n3nnnc3C)c2)cc1. The molecule has 7 heteroatoms. The van der Waals surface area contributed by atoms with E-state index in [1.165, 1.54) is 11.1 Å². The van der Waals surface area contributed by atoms with Crippen LogP contribution >= 0.6 is 11.8 Å². The number of nitrogens with zero attached hydrogens (tertiary/aromatic N) is 4. The molecule has 0 radical (unpaired) electrons. The third kappa shape index (κ3) is 4.49. The zero-order valence-electron chi connectivity index (χ0n) is 15.1. The Labute approximate surface area is 157 Å². The fourth-order valence-electron chi connectivity index (χ4n) is 2.51. The van der Waals surface area contributed by atoms with Crippen molar-refractivity contribution in [2.24, 2.45) is 0 Å². The molecule has 0 fully saturated rings. The first-order valence-electron chi connectivity index (χ1n) is 8.32. The van der Waals surface area contributed by atoms with Gasteiger partial charge in [0.1, 0.15) is 0 Å². The molecule has 0 atom stereocenters. The van der Waals surface area contributed by atoms with Crippen molar-refractivity contribution in [2.45, 2.75) is 26.5 Å². The Morgan fingerprint density at radius 1 is 1.12 bits per heavy atom. The lowest BCUT2D eigenvalue weighted by atomic mass is 10.2. The lowest BCUT2D eigenvalue weighted by molar-refractivity contribution is -0.113. The number of nitrogens with one attached hydrogen (secondary N) is 1. The molecule has 0 saturated carbocycles. The van der Waals surface area contributed by atoms with Gasteiger partial charge in [-0.15, -0.1) is 16.9 Å². The minimum absolute atomic E-state index is 0.0228. The highest BCUT2D eigenvalue weighted by Gasteiger charge is 2.09. The van der Waals surface area contributed by atoms with Gasteiger partial charge >= 0.3 is 0 Å². The Balaban J connectivity index is 1.59. The number of hydrogen-bond donors (Lipinski definition) is 1. The van der Waals surface area contributed by atoms with Crippen molar-refractivity contribution in [3.8, 4) is 5.69 Å². The van der Waals surface area contributed by atoms with Gasteiger partial charge in [-0.2, -0.15) is 4.68 Å². The Bertz CT molecular complexity index is 905. The summed E-state index contributed by atoms with van der Waals surface area (Å²) in [5.74, 6) is 1.90. The molecule has 26 heavy (non-hydrogen) atoms. The van der Waals surface area contributed by atoms with Gasteiger partial charge in [0, 0.05) is 11.4 Å². The molecule has 134 valence electrons. The minimum atomic E-state index is -0.0228. The van der Waals surface area contributed by atoms with Crippen molar-refractivity contribution in [2.75, 3.05) is 11.1 Å². The monoisotopic (exact) mass is 367 g/mol. The van der Waals surface area contributed by atoms with Gasteiger partial charge in [-0.25, -0.2) is 0 Å². The number of carbonyl (C=O) groups excluding carboxylic acids is 1. The van der Waals surface area contributed by atoms with Crippen molar-refractivity contribution >= 4 is 23.4 Å². The highest BCUT2D eigenvalue weighted by Crippen LogP contribution is 2.20. The van der Waals surface area contributed by atoms with Crippen LogP contribution in [0.1, 0.15) is 22.5 Å². The number of amides is 1. The van der Waals surface area contributed by atoms with Crippen LogP contribution in [0.2, 0.25) is 0 Å². The van der Waals surface area contributed by atoms with E-state index in [1.54, 1.807) is 16.4 Å². The van der Waals surface area contributed by atoms with Crippen molar-refractivity contribution in [1.29, 1.82) is 0 Å². The Kier molecular flexibility index (Phi) is 5.68. The van der Waals surface area contributed by atoms with Gasteiger partial charge in [-0.3, -0.25) is 4.79 Å². The van der Waals surface area contributed by atoms with Gasteiger partial charge in [0.2, 0.25) is 5.91 Å². The number of benzene rings is 2. The van der Waals surface area contributed by atoms with Crippen molar-refractivity contribution in [1.82, 2.24) is 20.2 Å². The van der Waals surface area contributed by atoms with E-state index in [-0.39, 0.29) is 5.91 Å². The molecule has 2 aromatic carbocycles. The quantitative estimate of drug-likeness (QED) is 0.722. The number of thioether (sulfide) groups is 1. The number of carbonyl (C=O) groups is 1. The van der Waals surface area contributed by atoms with Crippen molar-refractivity contribution in [3.63, 3.8) is 0 Å². The fraction of sp³-hybridized carbons (Fsp3) is 0.263. The number of hydrogen-bond acceptors (Lipinski definition) is 5. The number of aryl methyl sites for hydroxylation is 3. The van der Waals surface area contributed by atoms with E-state index in [4.69, 9.17) is 0 Å². The van der Waals surface area contributed by atoms with Crippen LogP contribution in [0.15, 0.2) is 42.5 Å². The molecule has 6 nitrogen and oxygen atoms in total. The molecule has 0 aliphatic rings. The van der Waals surface area contributed by atoms with Crippen LogP contribution in [0.25, 0.3) is 5.69 Å². The smallest absolute Gasteiger partial charge is 0.234 e. The maximum atomic E-state index is 12.2. The molecular weight excluding hydrogens is 346 g/mol. The van der Waals surface area contributed by atoms with Crippen LogP contribution in [0.5, 0.6) is 0 Å². The summed E-state index contributed by atoms with van der Waals surface area (Å²) in [6, 6.07) is 14.1. The summed E-state index contributed by atoms with van der Waals surface area (Å²) < 4.78 is 1.66. The molecule has 0 saturated heterocycles.